The van der Waals surface area contributed by atoms with E-state index in [4.69, 9.17) is 5.73 Å². The molecule has 0 saturated heterocycles. The van der Waals surface area contributed by atoms with Crippen LogP contribution in [0.5, 0.6) is 0 Å². The van der Waals surface area contributed by atoms with Crippen LogP contribution in [0.1, 0.15) is 18.1 Å². The molecule has 1 rings (SSSR count). The molecule has 3 N–H and O–H groups in total. The van der Waals surface area contributed by atoms with E-state index >= 15 is 0 Å². The Bertz CT molecular complexity index is 597. The Kier molecular flexibility index (Phi) is 5.27. The molecule has 1 atom stereocenters. The summed E-state index contributed by atoms with van der Waals surface area (Å²) in [5.74, 6) is -0.304. The van der Waals surface area contributed by atoms with Gasteiger partial charge < -0.3 is 10.6 Å². The predicted octanol–water partition coefficient (Wildman–Crippen LogP) is 0.209. The minimum atomic E-state index is -3.75. The Labute approximate surface area is 120 Å². The first-order valence-corrected chi connectivity index (χ1v) is 7.70. The van der Waals surface area contributed by atoms with Crippen molar-refractivity contribution in [2.45, 2.75) is 31.3 Å². The predicted molar refractivity (Wildman–Crippen MR) is 77.5 cm³/mol. The fraction of sp³-hybridized carbons (Fsp3) is 0.462. The standard InChI is InChI=1S/C13H21N3O3S/c1-9-5-6-11(8-14)7-12(9)20(18,19)15-10(2)13(17)16(3)4/h5-7,10,15H,8,14H2,1-4H3. The van der Waals surface area contributed by atoms with Gasteiger partial charge in [-0.1, -0.05) is 12.1 Å². The molecule has 0 aromatic heterocycles. The summed E-state index contributed by atoms with van der Waals surface area (Å²) < 4.78 is 27.1. The highest BCUT2D eigenvalue weighted by Gasteiger charge is 2.24. The van der Waals surface area contributed by atoms with Crippen LogP contribution in [-0.2, 0) is 21.4 Å². The molecule has 0 saturated carbocycles. The number of hydrogen-bond acceptors (Lipinski definition) is 4. The third kappa shape index (κ3) is 3.78. The zero-order valence-electron chi connectivity index (χ0n) is 12.2. The highest BCUT2D eigenvalue weighted by Crippen LogP contribution is 2.17. The number of sulfonamides is 1. The smallest absolute Gasteiger partial charge is 0.241 e. The van der Waals surface area contributed by atoms with Crippen molar-refractivity contribution >= 4 is 15.9 Å². The summed E-state index contributed by atoms with van der Waals surface area (Å²) >= 11 is 0. The van der Waals surface area contributed by atoms with Crippen molar-refractivity contribution in [1.29, 1.82) is 0 Å². The number of amides is 1. The second kappa shape index (κ2) is 6.34. The van der Waals surface area contributed by atoms with Crippen LogP contribution in [0, 0.1) is 6.92 Å². The molecule has 0 fully saturated rings. The van der Waals surface area contributed by atoms with Crippen LogP contribution in [0.3, 0.4) is 0 Å². The lowest BCUT2D eigenvalue weighted by atomic mass is 10.1. The minimum absolute atomic E-state index is 0.152. The fourth-order valence-corrected chi connectivity index (χ4v) is 3.29. The number of hydrogen-bond donors (Lipinski definition) is 2. The Balaban J connectivity index is 3.08. The van der Waals surface area contributed by atoms with E-state index in [1.54, 1.807) is 33.2 Å². The number of carbonyl (C=O) groups is 1. The van der Waals surface area contributed by atoms with E-state index in [2.05, 4.69) is 4.72 Å². The lowest BCUT2D eigenvalue weighted by molar-refractivity contribution is -0.130. The van der Waals surface area contributed by atoms with Gasteiger partial charge in [0.25, 0.3) is 0 Å². The van der Waals surface area contributed by atoms with Crippen LogP contribution in [0.25, 0.3) is 0 Å². The van der Waals surface area contributed by atoms with Gasteiger partial charge in [0, 0.05) is 20.6 Å². The third-order valence-electron chi connectivity index (χ3n) is 2.92. The summed E-state index contributed by atoms with van der Waals surface area (Å²) in [6.07, 6.45) is 0. The van der Waals surface area contributed by atoms with E-state index in [1.807, 2.05) is 0 Å². The zero-order chi connectivity index (χ0) is 15.5. The SMILES string of the molecule is Cc1ccc(CN)cc1S(=O)(=O)NC(C)C(=O)N(C)C. The van der Waals surface area contributed by atoms with Crippen LogP contribution in [0.15, 0.2) is 23.1 Å². The number of benzene rings is 1. The van der Waals surface area contributed by atoms with Crippen LogP contribution in [0.2, 0.25) is 0 Å². The van der Waals surface area contributed by atoms with Crippen molar-refractivity contribution in [1.82, 2.24) is 9.62 Å². The molecule has 112 valence electrons. The van der Waals surface area contributed by atoms with E-state index in [-0.39, 0.29) is 17.3 Å². The van der Waals surface area contributed by atoms with E-state index in [9.17, 15) is 13.2 Å². The molecule has 20 heavy (non-hydrogen) atoms. The summed E-state index contributed by atoms with van der Waals surface area (Å²) in [4.78, 5) is 13.2. The molecule has 0 aliphatic rings. The van der Waals surface area contributed by atoms with Gasteiger partial charge >= 0.3 is 0 Å². The maximum Gasteiger partial charge on any atom is 0.241 e. The van der Waals surface area contributed by atoms with E-state index in [1.165, 1.54) is 17.9 Å². The van der Waals surface area contributed by atoms with Crippen LogP contribution < -0.4 is 10.5 Å². The van der Waals surface area contributed by atoms with Gasteiger partial charge in [-0.2, -0.15) is 4.72 Å². The van der Waals surface area contributed by atoms with Crippen molar-refractivity contribution in [3.63, 3.8) is 0 Å². The second-order valence-electron chi connectivity index (χ2n) is 4.88. The average Bonchev–Trinajstić information content (AvgIpc) is 2.37. The lowest BCUT2D eigenvalue weighted by Gasteiger charge is -2.19. The van der Waals surface area contributed by atoms with Gasteiger partial charge in [-0.3, -0.25) is 4.79 Å². The Morgan fingerprint density at radius 2 is 2.00 bits per heavy atom. The highest BCUT2D eigenvalue weighted by atomic mass is 32.2. The minimum Gasteiger partial charge on any atom is -0.347 e. The quantitative estimate of drug-likeness (QED) is 0.813. The van der Waals surface area contributed by atoms with Gasteiger partial charge in [-0.25, -0.2) is 8.42 Å². The fourth-order valence-electron chi connectivity index (χ4n) is 1.79. The zero-order valence-corrected chi connectivity index (χ0v) is 13.0. The number of carbonyl (C=O) groups excluding carboxylic acids is 1. The second-order valence-corrected chi connectivity index (χ2v) is 6.56. The molecule has 0 radical (unpaired) electrons. The molecule has 0 heterocycles. The van der Waals surface area contributed by atoms with Gasteiger partial charge in [-0.05, 0) is 31.0 Å². The first kappa shape index (κ1) is 16.6. The molecular weight excluding hydrogens is 278 g/mol. The summed E-state index contributed by atoms with van der Waals surface area (Å²) in [5.41, 5.74) is 6.86. The summed E-state index contributed by atoms with van der Waals surface area (Å²) in [6.45, 7) is 3.48. The number of likely N-dealkylation sites (N-methyl/N-ethyl adjacent to an activating group) is 1. The monoisotopic (exact) mass is 299 g/mol. The first-order chi connectivity index (χ1) is 9.19. The molecule has 1 unspecified atom stereocenters. The summed E-state index contributed by atoms with van der Waals surface area (Å²) in [7, 11) is -0.601. The van der Waals surface area contributed by atoms with E-state index in [0.29, 0.717) is 5.56 Å². The molecule has 7 heteroatoms. The molecule has 0 aliphatic heterocycles. The van der Waals surface area contributed by atoms with Crippen molar-refractivity contribution < 1.29 is 13.2 Å². The molecular formula is C13H21N3O3S. The van der Waals surface area contributed by atoms with Gasteiger partial charge in [0.2, 0.25) is 15.9 Å². The first-order valence-electron chi connectivity index (χ1n) is 6.22. The maximum atomic E-state index is 12.3. The number of aryl methyl sites for hydroxylation is 1. The molecule has 1 aromatic carbocycles. The lowest BCUT2D eigenvalue weighted by Crippen LogP contribution is -2.44. The maximum absolute atomic E-state index is 12.3. The Morgan fingerprint density at radius 3 is 2.50 bits per heavy atom. The van der Waals surface area contributed by atoms with Gasteiger partial charge in [0.05, 0.1) is 10.9 Å². The topological polar surface area (TPSA) is 92.5 Å². The Hall–Kier alpha value is -1.44. The number of nitrogens with two attached hydrogens (primary N) is 1. The van der Waals surface area contributed by atoms with E-state index < -0.39 is 16.1 Å². The Morgan fingerprint density at radius 1 is 1.40 bits per heavy atom. The summed E-state index contributed by atoms with van der Waals surface area (Å²) in [6, 6.07) is 4.19. The average molecular weight is 299 g/mol. The molecule has 0 bridgehead atoms. The van der Waals surface area contributed by atoms with Crippen LogP contribution >= 0.6 is 0 Å². The molecule has 0 spiro atoms. The van der Waals surface area contributed by atoms with Crippen molar-refractivity contribution in [3.05, 3.63) is 29.3 Å². The number of rotatable bonds is 5. The summed E-state index contributed by atoms with van der Waals surface area (Å²) in [5, 5.41) is 0. The molecule has 1 aromatic rings. The van der Waals surface area contributed by atoms with Gasteiger partial charge in [0.1, 0.15) is 0 Å². The van der Waals surface area contributed by atoms with Gasteiger partial charge in [-0.15, -0.1) is 0 Å². The number of nitrogens with zero attached hydrogens (tertiary/aromatic N) is 1. The molecule has 6 nitrogen and oxygen atoms in total. The van der Waals surface area contributed by atoms with Crippen LogP contribution in [0.4, 0.5) is 0 Å². The third-order valence-corrected chi connectivity index (χ3v) is 4.60. The number of nitrogens with one attached hydrogen (secondary N) is 1. The molecule has 0 aliphatic carbocycles. The van der Waals surface area contributed by atoms with Gasteiger partial charge in [0.15, 0.2) is 0 Å². The molecule has 1 amide bonds. The largest absolute Gasteiger partial charge is 0.347 e. The van der Waals surface area contributed by atoms with Crippen molar-refractivity contribution in [2.75, 3.05) is 14.1 Å². The van der Waals surface area contributed by atoms with Crippen molar-refractivity contribution in [3.8, 4) is 0 Å². The van der Waals surface area contributed by atoms with E-state index in [0.717, 1.165) is 5.56 Å². The van der Waals surface area contributed by atoms with Crippen LogP contribution in [-0.4, -0.2) is 39.4 Å². The normalized spacial score (nSPS) is 13.1. The highest BCUT2D eigenvalue weighted by molar-refractivity contribution is 7.89. The van der Waals surface area contributed by atoms with Crippen molar-refractivity contribution in [2.24, 2.45) is 5.73 Å².